The van der Waals surface area contributed by atoms with E-state index in [1.807, 2.05) is 19.9 Å². The van der Waals surface area contributed by atoms with Crippen LogP contribution >= 0.6 is 0 Å². The van der Waals surface area contributed by atoms with Gasteiger partial charge in [-0.1, -0.05) is 12.1 Å². The summed E-state index contributed by atoms with van der Waals surface area (Å²) in [6, 6.07) is 4.79. The summed E-state index contributed by atoms with van der Waals surface area (Å²) in [6.07, 6.45) is 4.03. The van der Waals surface area contributed by atoms with Gasteiger partial charge in [-0.25, -0.2) is 0 Å². The molecule has 1 aromatic rings. The number of carbonyl (C=O) groups is 1. The highest BCUT2D eigenvalue weighted by Gasteiger charge is 2.42. The summed E-state index contributed by atoms with van der Waals surface area (Å²) in [5.41, 5.74) is 3.37. The van der Waals surface area contributed by atoms with Crippen LogP contribution in [0.4, 0.5) is 0 Å². The summed E-state index contributed by atoms with van der Waals surface area (Å²) in [4.78, 5) is 14.9. The van der Waals surface area contributed by atoms with Gasteiger partial charge in [0.15, 0.2) is 6.61 Å². The number of aryl methyl sites for hydroxylation is 2. The Bertz CT molecular complexity index is 686. The van der Waals surface area contributed by atoms with E-state index in [0.717, 1.165) is 48.9 Å². The number of nitrogens with one attached hydrogen (secondary N) is 1. The maximum Gasteiger partial charge on any atom is 0.258 e. The first-order valence-electron chi connectivity index (χ1n) is 9.86. The van der Waals surface area contributed by atoms with Gasteiger partial charge >= 0.3 is 0 Å². The number of carbonyl (C=O) groups excluding carboxylic acids is 1. The third kappa shape index (κ3) is 3.74. The molecule has 5 heteroatoms. The SMILES string of the molecule is Cc1ccc(C)c(OCC(=O)N[C@@H]2C[C@H]3CO[C@@H](C4CC4)CN3C2)c1C. The molecule has 2 saturated heterocycles. The first-order valence-corrected chi connectivity index (χ1v) is 9.86. The highest BCUT2D eigenvalue weighted by Crippen LogP contribution is 2.37. The van der Waals surface area contributed by atoms with E-state index >= 15 is 0 Å². The molecule has 0 aromatic heterocycles. The maximum atomic E-state index is 12.4. The number of amides is 1. The summed E-state index contributed by atoms with van der Waals surface area (Å²) < 4.78 is 11.9. The van der Waals surface area contributed by atoms with Gasteiger partial charge in [-0.3, -0.25) is 9.69 Å². The van der Waals surface area contributed by atoms with Gasteiger partial charge < -0.3 is 14.8 Å². The highest BCUT2D eigenvalue weighted by atomic mass is 16.5. The first kappa shape index (κ1) is 17.8. The van der Waals surface area contributed by atoms with Gasteiger partial charge in [0.25, 0.3) is 5.91 Å². The summed E-state index contributed by atoms with van der Waals surface area (Å²) in [5.74, 6) is 1.58. The van der Waals surface area contributed by atoms with Crippen molar-refractivity contribution in [3.63, 3.8) is 0 Å². The van der Waals surface area contributed by atoms with E-state index in [0.29, 0.717) is 12.1 Å². The lowest BCUT2D eigenvalue weighted by Gasteiger charge is -2.35. The molecular formula is C21H30N2O3. The van der Waals surface area contributed by atoms with Crippen molar-refractivity contribution >= 4 is 5.91 Å². The molecule has 1 aliphatic carbocycles. The quantitative estimate of drug-likeness (QED) is 0.878. The normalized spacial score (nSPS) is 28.7. The molecule has 1 saturated carbocycles. The van der Waals surface area contributed by atoms with Crippen molar-refractivity contribution in [1.82, 2.24) is 10.2 Å². The largest absolute Gasteiger partial charge is 0.483 e. The Kier molecular flexibility index (Phi) is 4.93. The predicted molar refractivity (Wildman–Crippen MR) is 101 cm³/mol. The molecule has 3 fully saturated rings. The number of ether oxygens (including phenoxy) is 2. The van der Waals surface area contributed by atoms with E-state index in [1.54, 1.807) is 0 Å². The topological polar surface area (TPSA) is 50.8 Å². The van der Waals surface area contributed by atoms with Crippen LogP contribution in [0.3, 0.4) is 0 Å². The Balaban J connectivity index is 1.27. The fraction of sp³-hybridized carbons (Fsp3) is 0.667. The Morgan fingerprint density at radius 1 is 1.23 bits per heavy atom. The lowest BCUT2D eigenvalue weighted by atomic mass is 10.1. The molecule has 142 valence electrons. The number of rotatable bonds is 5. The third-order valence-electron chi connectivity index (χ3n) is 6.18. The number of benzene rings is 1. The van der Waals surface area contributed by atoms with Gasteiger partial charge in [-0.05, 0) is 62.6 Å². The molecule has 3 atom stereocenters. The number of morpholine rings is 1. The van der Waals surface area contributed by atoms with Crippen LogP contribution in [0.25, 0.3) is 0 Å². The van der Waals surface area contributed by atoms with E-state index in [4.69, 9.17) is 9.47 Å². The predicted octanol–water partition coefficient (Wildman–Crippen LogP) is 2.36. The molecule has 3 aliphatic rings. The van der Waals surface area contributed by atoms with Crippen molar-refractivity contribution < 1.29 is 14.3 Å². The Labute approximate surface area is 156 Å². The lowest BCUT2D eigenvalue weighted by Crippen LogP contribution is -2.47. The second-order valence-corrected chi connectivity index (χ2v) is 8.26. The number of fused-ring (bicyclic) bond motifs is 1. The molecule has 0 bridgehead atoms. The van der Waals surface area contributed by atoms with Crippen LogP contribution in [0.5, 0.6) is 5.75 Å². The standard InChI is InChI=1S/C21H30N2O3/c1-13-4-5-14(2)21(15(13)3)26-12-20(24)22-17-8-18-11-25-19(16-6-7-16)10-23(18)9-17/h4-5,16-19H,6-12H2,1-3H3,(H,22,24)/t17-,18+,19-/m1/s1. The first-order chi connectivity index (χ1) is 12.5. The molecule has 4 rings (SSSR count). The average Bonchev–Trinajstić information content (AvgIpc) is 3.38. The van der Waals surface area contributed by atoms with Gasteiger partial charge in [0.05, 0.1) is 12.7 Å². The molecular weight excluding hydrogens is 328 g/mol. The second kappa shape index (κ2) is 7.20. The van der Waals surface area contributed by atoms with Gasteiger partial charge in [0.2, 0.25) is 0 Å². The van der Waals surface area contributed by atoms with E-state index in [-0.39, 0.29) is 18.6 Å². The molecule has 1 aromatic carbocycles. The molecule has 0 radical (unpaired) electrons. The summed E-state index contributed by atoms with van der Waals surface area (Å²) in [5, 5.41) is 3.16. The van der Waals surface area contributed by atoms with Crippen LogP contribution in [0.15, 0.2) is 12.1 Å². The van der Waals surface area contributed by atoms with Crippen LogP contribution in [0.2, 0.25) is 0 Å². The average molecular weight is 358 g/mol. The maximum absolute atomic E-state index is 12.4. The fourth-order valence-electron chi connectivity index (χ4n) is 4.31. The molecule has 26 heavy (non-hydrogen) atoms. The van der Waals surface area contributed by atoms with Crippen molar-refractivity contribution in [3.05, 3.63) is 28.8 Å². The zero-order chi connectivity index (χ0) is 18.3. The van der Waals surface area contributed by atoms with Crippen LogP contribution in [0, 0.1) is 26.7 Å². The zero-order valence-electron chi connectivity index (χ0n) is 16.1. The smallest absolute Gasteiger partial charge is 0.258 e. The summed E-state index contributed by atoms with van der Waals surface area (Å²) in [6.45, 7) is 8.98. The molecule has 2 aliphatic heterocycles. The molecule has 2 heterocycles. The molecule has 1 amide bonds. The number of nitrogens with zero attached hydrogens (tertiary/aromatic N) is 1. The van der Waals surface area contributed by atoms with E-state index in [1.165, 1.54) is 18.4 Å². The summed E-state index contributed by atoms with van der Waals surface area (Å²) in [7, 11) is 0. The minimum Gasteiger partial charge on any atom is -0.483 e. The van der Waals surface area contributed by atoms with Crippen molar-refractivity contribution in [1.29, 1.82) is 0 Å². The monoisotopic (exact) mass is 358 g/mol. The van der Waals surface area contributed by atoms with Gasteiger partial charge in [-0.15, -0.1) is 0 Å². The molecule has 5 nitrogen and oxygen atoms in total. The van der Waals surface area contributed by atoms with Crippen LogP contribution in [0.1, 0.15) is 36.0 Å². The summed E-state index contributed by atoms with van der Waals surface area (Å²) >= 11 is 0. The van der Waals surface area contributed by atoms with Crippen molar-refractivity contribution in [2.45, 2.75) is 58.2 Å². The van der Waals surface area contributed by atoms with Crippen LogP contribution in [-0.2, 0) is 9.53 Å². The van der Waals surface area contributed by atoms with Gasteiger partial charge in [0, 0.05) is 25.2 Å². The van der Waals surface area contributed by atoms with Gasteiger partial charge in [-0.2, -0.15) is 0 Å². The minimum absolute atomic E-state index is 0.0326. The zero-order valence-corrected chi connectivity index (χ0v) is 16.1. The molecule has 0 spiro atoms. The Morgan fingerprint density at radius 3 is 2.77 bits per heavy atom. The molecule has 1 N–H and O–H groups in total. The van der Waals surface area contributed by atoms with Gasteiger partial charge in [0.1, 0.15) is 5.75 Å². The van der Waals surface area contributed by atoms with E-state index in [9.17, 15) is 4.79 Å². The number of hydrogen-bond donors (Lipinski definition) is 1. The minimum atomic E-state index is -0.0326. The van der Waals surface area contributed by atoms with E-state index in [2.05, 4.69) is 23.2 Å². The van der Waals surface area contributed by atoms with Crippen molar-refractivity contribution in [3.8, 4) is 5.75 Å². The highest BCUT2D eigenvalue weighted by molar-refractivity contribution is 5.78. The van der Waals surface area contributed by atoms with Crippen molar-refractivity contribution in [2.24, 2.45) is 5.92 Å². The van der Waals surface area contributed by atoms with Crippen LogP contribution in [-0.4, -0.2) is 55.3 Å². The lowest BCUT2D eigenvalue weighted by molar-refractivity contribution is -0.123. The number of hydrogen-bond acceptors (Lipinski definition) is 4. The second-order valence-electron chi connectivity index (χ2n) is 8.26. The fourth-order valence-corrected chi connectivity index (χ4v) is 4.31. The van der Waals surface area contributed by atoms with E-state index < -0.39 is 0 Å². The Morgan fingerprint density at radius 2 is 2.00 bits per heavy atom. The van der Waals surface area contributed by atoms with Crippen molar-refractivity contribution in [2.75, 3.05) is 26.3 Å². The third-order valence-corrected chi connectivity index (χ3v) is 6.18. The molecule has 0 unspecified atom stereocenters. The van der Waals surface area contributed by atoms with Crippen LogP contribution < -0.4 is 10.1 Å². The Hall–Kier alpha value is -1.59.